The number of hydrogen-bond acceptors (Lipinski definition) is 2. The molecule has 2 N–H and O–H groups in total. The second kappa shape index (κ2) is 3.82. The van der Waals surface area contributed by atoms with Gasteiger partial charge in [0, 0.05) is 0 Å². The summed E-state index contributed by atoms with van der Waals surface area (Å²) < 4.78 is 37.9. The smallest absolute Gasteiger partial charge is 0.416 e. The van der Waals surface area contributed by atoms with E-state index in [2.05, 4.69) is 0 Å². The maximum absolute atomic E-state index is 12.6. The zero-order chi connectivity index (χ0) is 12.7. The number of phenols is 1. The molecule has 16 heavy (non-hydrogen) atoms. The van der Waals surface area contributed by atoms with Crippen molar-refractivity contribution >= 4 is 11.6 Å². The Morgan fingerprint density at radius 3 is 2.00 bits per heavy atom. The van der Waals surface area contributed by atoms with Crippen LogP contribution in [0.15, 0.2) is 12.1 Å². The molecule has 0 bridgehead atoms. The number of halogens is 4. The van der Waals surface area contributed by atoms with Gasteiger partial charge in [0.05, 0.1) is 16.2 Å². The third-order valence-corrected chi connectivity index (χ3v) is 2.35. The van der Waals surface area contributed by atoms with Crippen LogP contribution < -0.4 is 0 Å². The van der Waals surface area contributed by atoms with Crippen LogP contribution in [0.2, 0.25) is 5.02 Å². The summed E-state index contributed by atoms with van der Waals surface area (Å²) >= 11 is 5.51. The average molecular weight is 255 g/mol. The highest BCUT2D eigenvalue weighted by Crippen LogP contribution is 2.41. The van der Waals surface area contributed by atoms with Gasteiger partial charge in [0.15, 0.2) is 0 Å². The van der Waals surface area contributed by atoms with Gasteiger partial charge in [-0.05, 0) is 31.5 Å². The van der Waals surface area contributed by atoms with Gasteiger partial charge in [-0.15, -0.1) is 0 Å². The molecule has 0 heterocycles. The zero-order valence-electron chi connectivity index (χ0n) is 8.56. The van der Waals surface area contributed by atoms with Crippen LogP contribution in [0.5, 0.6) is 5.75 Å². The molecule has 0 saturated heterocycles. The molecular formula is C10H10ClF3O2. The minimum Gasteiger partial charge on any atom is -0.506 e. The third kappa shape index (κ3) is 2.59. The van der Waals surface area contributed by atoms with Gasteiger partial charge in [-0.1, -0.05) is 11.6 Å². The van der Waals surface area contributed by atoms with Crippen LogP contribution in [0.1, 0.15) is 25.0 Å². The molecule has 0 fully saturated rings. The van der Waals surface area contributed by atoms with Crippen LogP contribution in [0, 0.1) is 0 Å². The van der Waals surface area contributed by atoms with Crippen molar-refractivity contribution in [2.75, 3.05) is 0 Å². The largest absolute Gasteiger partial charge is 0.506 e. The van der Waals surface area contributed by atoms with Gasteiger partial charge in [-0.2, -0.15) is 13.2 Å². The minimum absolute atomic E-state index is 0.231. The molecule has 0 unspecified atom stereocenters. The van der Waals surface area contributed by atoms with Gasteiger partial charge < -0.3 is 10.2 Å². The standard InChI is InChI=1S/C10H10ClF3O2/c1-9(2,16)5-3-7(11)8(15)4-6(5)10(12,13)14/h3-4,15-16H,1-2H3. The number of rotatable bonds is 1. The van der Waals surface area contributed by atoms with Crippen molar-refractivity contribution in [1.82, 2.24) is 0 Å². The molecule has 0 aliphatic rings. The lowest BCUT2D eigenvalue weighted by molar-refractivity contribution is -0.140. The van der Waals surface area contributed by atoms with Gasteiger partial charge >= 0.3 is 6.18 Å². The first-order chi connectivity index (χ1) is 7.03. The molecule has 0 aliphatic heterocycles. The first-order valence-corrected chi connectivity index (χ1v) is 4.74. The Morgan fingerprint density at radius 2 is 1.62 bits per heavy atom. The molecule has 0 aliphatic carbocycles. The Morgan fingerprint density at radius 1 is 1.12 bits per heavy atom. The van der Waals surface area contributed by atoms with Crippen molar-refractivity contribution in [3.05, 3.63) is 28.3 Å². The summed E-state index contributed by atoms with van der Waals surface area (Å²) in [6, 6.07) is 1.43. The van der Waals surface area contributed by atoms with Crippen molar-refractivity contribution in [2.24, 2.45) is 0 Å². The van der Waals surface area contributed by atoms with E-state index in [1.54, 1.807) is 0 Å². The van der Waals surface area contributed by atoms with Crippen molar-refractivity contribution in [2.45, 2.75) is 25.6 Å². The molecule has 0 radical (unpaired) electrons. The van der Waals surface area contributed by atoms with Gasteiger partial charge in [-0.3, -0.25) is 0 Å². The highest BCUT2D eigenvalue weighted by Gasteiger charge is 2.38. The summed E-state index contributed by atoms with van der Waals surface area (Å²) in [5, 5.41) is 18.5. The summed E-state index contributed by atoms with van der Waals surface area (Å²) in [6.45, 7) is 2.43. The molecule has 1 aromatic rings. The average Bonchev–Trinajstić information content (AvgIpc) is 2.05. The molecule has 0 atom stereocenters. The van der Waals surface area contributed by atoms with E-state index in [-0.39, 0.29) is 10.6 Å². The highest BCUT2D eigenvalue weighted by atomic mass is 35.5. The maximum atomic E-state index is 12.6. The Labute approximate surface area is 95.3 Å². The fourth-order valence-corrected chi connectivity index (χ4v) is 1.47. The summed E-state index contributed by atoms with van der Waals surface area (Å²) in [5.41, 5.74) is -3.16. The number of aliphatic hydroxyl groups is 1. The molecule has 1 aromatic carbocycles. The van der Waals surface area contributed by atoms with Crippen LogP contribution in [0.3, 0.4) is 0 Å². The molecule has 6 heteroatoms. The molecule has 2 nitrogen and oxygen atoms in total. The topological polar surface area (TPSA) is 40.5 Å². The Balaban J connectivity index is 3.53. The van der Waals surface area contributed by atoms with E-state index in [9.17, 15) is 18.3 Å². The molecule has 1 rings (SSSR count). The molecule has 90 valence electrons. The predicted octanol–water partition coefficient (Wildman–Crippen LogP) is 3.29. The second-order valence-electron chi connectivity index (χ2n) is 3.91. The Hall–Kier alpha value is -0.940. The van der Waals surface area contributed by atoms with Crippen molar-refractivity contribution < 1.29 is 23.4 Å². The lowest BCUT2D eigenvalue weighted by Gasteiger charge is -2.23. The Kier molecular flexibility index (Phi) is 3.13. The van der Waals surface area contributed by atoms with E-state index in [0.717, 1.165) is 6.07 Å². The molecular weight excluding hydrogens is 245 g/mol. The van der Waals surface area contributed by atoms with E-state index >= 15 is 0 Å². The van der Waals surface area contributed by atoms with Gasteiger partial charge in [0.25, 0.3) is 0 Å². The van der Waals surface area contributed by atoms with Crippen molar-refractivity contribution in [3.8, 4) is 5.75 Å². The van der Waals surface area contributed by atoms with Gasteiger partial charge in [0.2, 0.25) is 0 Å². The summed E-state index contributed by atoms with van der Waals surface area (Å²) in [5.74, 6) is -0.665. The van der Waals surface area contributed by atoms with Gasteiger partial charge in [0.1, 0.15) is 5.75 Å². The normalized spacial score (nSPS) is 12.9. The van der Waals surface area contributed by atoms with Crippen LogP contribution in [-0.4, -0.2) is 10.2 Å². The van der Waals surface area contributed by atoms with E-state index in [1.165, 1.54) is 13.8 Å². The SMILES string of the molecule is CC(C)(O)c1cc(Cl)c(O)cc1C(F)(F)F. The number of aromatic hydroxyl groups is 1. The summed E-state index contributed by atoms with van der Waals surface area (Å²) in [6.07, 6.45) is -4.66. The van der Waals surface area contributed by atoms with Crippen LogP contribution >= 0.6 is 11.6 Å². The Bertz CT molecular complexity index is 369. The lowest BCUT2D eigenvalue weighted by atomic mass is 9.92. The molecule has 0 amide bonds. The number of alkyl halides is 3. The first-order valence-electron chi connectivity index (χ1n) is 4.36. The van der Waals surface area contributed by atoms with Crippen LogP contribution in [-0.2, 0) is 11.8 Å². The highest BCUT2D eigenvalue weighted by molar-refractivity contribution is 6.32. The van der Waals surface area contributed by atoms with Crippen molar-refractivity contribution in [1.29, 1.82) is 0 Å². The van der Waals surface area contributed by atoms with E-state index in [4.69, 9.17) is 16.7 Å². The monoisotopic (exact) mass is 254 g/mol. The van der Waals surface area contributed by atoms with E-state index in [0.29, 0.717) is 6.07 Å². The van der Waals surface area contributed by atoms with E-state index < -0.39 is 23.1 Å². The van der Waals surface area contributed by atoms with E-state index in [1.807, 2.05) is 0 Å². The number of hydrogen-bond donors (Lipinski definition) is 2. The van der Waals surface area contributed by atoms with Crippen LogP contribution in [0.25, 0.3) is 0 Å². The van der Waals surface area contributed by atoms with Crippen molar-refractivity contribution in [3.63, 3.8) is 0 Å². The quantitative estimate of drug-likeness (QED) is 0.807. The maximum Gasteiger partial charge on any atom is 0.416 e. The first kappa shape index (κ1) is 13.1. The predicted molar refractivity (Wildman–Crippen MR) is 53.4 cm³/mol. The zero-order valence-corrected chi connectivity index (χ0v) is 9.32. The molecule has 0 aromatic heterocycles. The molecule has 0 saturated carbocycles. The van der Waals surface area contributed by atoms with Crippen LogP contribution in [0.4, 0.5) is 13.2 Å². The minimum atomic E-state index is -4.66. The number of benzene rings is 1. The lowest BCUT2D eigenvalue weighted by Crippen LogP contribution is -2.22. The third-order valence-electron chi connectivity index (χ3n) is 2.05. The number of phenolic OH excluding ortho intramolecular Hbond substituents is 1. The second-order valence-corrected chi connectivity index (χ2v) is 4.31. The summed E-state index contributed by atoms with van der Waals surface area (Å²) in [4.78, 5) is 0. The van der Waals surface area contributed by atoms with Gasteiger partial charge in [-0.25, -0.2) is 0 Å². The fourth-order valence-electron chi connectivity index (χ4n) is 1.30. The fraction of sp³-hybridized carbons (Fsp3) is 0.400. The summed E-state index contributed by atoms with van der Waals surface area (Å²) in [7, 11) is 0. The molecule has 0 spiro atoms.